The van der Waals surface area contributed by atoms with Crippen LogP contribution in [0.2, 0.25) is 0 Å². The second-order valence-electron chi connectivity index (χ2n) is 5.73. The van der Waals surface area contributed by atoms with E-state index in [-0.39, 0.29) is 22.2 Å². The van der Waals surface area contributed by atoms with Crippen molar-refractivity contribution in [1.29, 1.82) is 0 Å². The number of nitro groups is 1. The molecule has 0 aliphatic carbocycles. The maximum Gasteiger partial charge on any atom is 0.294 e. The molecule has 0 amide bonds. The van der Waals surface area contributed by atoms with E-state index < -0.39 is 14.9 Å². The van der Waals surface area contributed by atoms with Crippen LogP contribution in [0.3, 0.4) is 0 Å². The van der Waals surface area contributed by atoms with Gasteiger partial charge in [-0.15, -0.1) is 0 Å². The molecule has 128 valence electrons. The zero-order valence-corrected chi connectivity index (χ0v) is 15.8. The number of nitrogens with zero attached hydrogens (tertiary/aromatic N) is 1. The zero-order valence-electron chi connectivity index (χ0n) is 13.4. The van der Waals surface area contributed by atoms with Crippen LogP contribution in [-0.2, 0) is 10.0 Å². The molecule has 6 nitrogen and oxygen atoms in total. The maximum atomic E-state index is 12.5. The molecular weight excluding hydrogens is 396 g/mol. The molecule has 0 atom stereocenters. The summed E-state index contributed by atoms with van der Waals surface area (Å²) < 4.78 is 27.7. The van der Waals surface area contributed by atoms with Crippen LogP contribution in [0.1, 0.15) is 30.9 Å². The topological polar surface area (TPSA) is 89.3 Å². The van der Waals surface area contributed by atoms with Gasteiger partial charge < -0.3 is 0 Å². The highest BCUT2D eigenvalue weighted by molar-refractivity contribution is 9.10. The van der Waals surface area contributed by atoms with Crippen LogP contribution < -0.4 is 4.72 Å². The van der Waals surface area contributed by atoms with Gasteiger partial charge in [0.05, 0.1) is 9.82 Å². The van der Waals surface area contributed by atoms with Crippen LogP contribution >= 0.6 is 15.9 Å². The van der Waals surface area contributed by atoms with E-state index in [0.29, 0.717) is 4.47 Å². The average Bonchev–Trinajstić information content (AvgIpc) is 2.48. The van der Waals surface area contributed by atoms with E-state index in [1.165, 1.54) is 18.2 Å². The number of nitrogens with one attached hydrogen (secondary N) is 1. The number of hydrogen-bond donors (Lipinski definition) is 1. The molecule has 2 aromatic rings. The maximum absolute atomic E-state index is 12.5. The van der Waals surface area contributed by atoms with Gasteiger partial charge in [-0.25, -0.2) is 8.42 Å². The fourth-order valence-corrected chi connectivity index (χ4v) is 3.89. The molecule has 0 bridgehead atoms. The van der Waals surface area contributed by atoms with Gasteiger partial charge in [0.1, 0.15) is 5.69 Å². The molecule has 2 aromatic carbocycles. The van der Waals surface area contributed by atoms with Crippen molar-refractivity contribution in [2.24, 2.45) is 0 Å². The summed E-state index contributed by atoms with van der Waals surface area (Å²) in [5.74, 6) is 0.0720. The summed E-state index contributed by atoms with van der Waals surface area (Å²) in [5, 5.41) is 11.4. The first-order chi connectivity index (χ1) is 11.1. The molecule has 0 unspecified atom stereocenters. The number of nitro benzene ring substituents is 1. The molecule has 0 heterocycles. The van der Waals surface area contributed by atoms with Crippen LogP contribution in [0.5, 0.6) is 0 Å². The lowest BCUT2D eigenvalue weighted by Gasteiger charge is -2.13. The van der Waals surface area contributed by atoms with Crippen LogP contribution in [0, 0.1) is 17.0 Å². The van der Waals surface area contributed by atoms with Gasteiger partial charge in [0, 0.05) is 10.5 Å². The van der Waals surface area contributed by atoms with Gasteiger partial charge in [-0.1, -0.05) is 31.5 Å². The Morgan fingerprint density at radius 1 is 1.17 bits per heavy atom. The molecule has 0 saturated heterocycles. The van der Waals surface area contributed by atoms with E-state index in [1.807, 2.05) is 20.8 Å². The third kappa shape index (κ3) is 3.93. The number of rotatable bonds is 5. The predicted octanol–water partition coefficient (Wildman–Crippen LogP) is 4.59. The summed E-state index contributed by atoms with van der Waals surface area (Å²) in [6.45, 7) is 5.65. The third-order valence-corrected chi connectivity index (χ3v) is 5.51. The highest BCUT2D eigenvalue weighted by Crippen LogP contribution is 2.37. The van der Waals surface area contributed by atoms with Crippen molar-refractivity contribution in [3.63, 3.8) is 0 Å². The van der Waals surface area contributed by atoms with Crippen molar-refractivity contribution in [2.45, 2.75) is 31.6 Å². The Bertz CT molecular complexity index is 878. The van der Waals surface area contributed by atoms with E-state index in [0.717, 1.165) is 11.1 Å². The molecule has 0 spiro atoms. The molecule has 1 N–H and O–H groups in total. The van der Waals surface area contributed by atoms with Crippen LogP contribution in [0.4, 0.5) is 11.4 Å². The Labute approximate surface area is 149 Å². The van der Waals surface area contributed by atoms with Crippen molar-refractivity contribution < 1.29 is 13.3 Å². The minimum absolute atomic E-state index is 0.0437. The molecule has 0 aromatic heterocycles. The Hall–Kier alpha value is -1.93. The standard InChI is InChI=1S/C16H17BrN2O4S/c1-10(2)12-8-14(17)16(15(9-12)19(20)21)18-24(22,23)13-6-4-11(3)5-7-13/h4-10,18H,1-3H3. The largest absolute Gasteiger partial charge is 0.294 e. The average molecular weight is 413 g/mol. The highest BCUT2D eigenvalue weighted by Gasteiger charge is 2.24. The Morgan fingerprint density at radius 2 is 1.75 bits per heavy atom. The van der Waals surface area contributed by atoms with Crippen molar-refractivity contribution in [2.75, 3.05) is 4.72 Å². The van der Waals surface area contributed by atoms with E-state index in [2.05, 4.69) is 20.7 Å². The van der Waals surface area contributed by atoms with Crippen molar-refractivity contribution in [1.82, 2.24) is 0 Å². The van der Waals surface area contributed by atoms with Crippen molar-refractivity contribution in [3.05, 3.63) is 62.1 Å². The second kappa shape index (κ2) is 6.90. The van der Waals surface area contributed by atoms with Gasteiger partial charge in [0.25, 0.3) is 15.7 Å². The van der Waals surface area contributed by atoms with Crippen molar-refractivity contribution in [3.8, 4) is 0 Å². The summed E-state index contributed by atoms with van der Waals surface area (Å²) in [5.41, 5.74) is 1.29. The number of halogens is 1. The lowest BCUT2D eigenvalue weighted by molar-refractivity contribution is -0.384. The number of anilines is 1. The number of sulfonamides is 1. The summed E-state index contributed by atoms with van der Waals surface area (Å²) in [7, 11) is -3.93. The summed E-state index contributed by atoms with van der Waals surface area (Å²) in [6.07, 6.45) is 0. The number of hydrogen-bond acceptors (Lipinski definition) is 4. The molecule has 2 rings (SSSR count). The molecule has 0 aliphatic rings. The first-order valence-corrected chi connectivity index (χ1v) is 9.46. The number of benzene rings is 2. The monoisotopic (exact) mass is 412 g/mol. The molecular formula is C16H17BrN2O4S. The molecule has 0 fully saturated rings. The smallest absolute Gasteiger partial charge is 0.272 e. The molecule has 0 radical (unpaired) electrons. The number of aryl methyl sites for hydroxylation is 1. The lowest BCUT2D eigenvalue weighted by Crippen LogP contribution is -2.15. The van der Waals surface area contributed by atoms with Gasteiger partial charge in [-0.05, 0) is 52.5 Å². The highest BCUT2D eigenvalue weighted by atomic mass is 79.9. The fourth-order valence-electron chi connectivity index (χ4n) is 2.10. The lowest BCUT2D eigenvalue weighted by atomic mass is 10.0. The van der Waals surface area contributed by atoms with Crippen LogP contribution in [-0.4, -0.2) is 13.3 Å². The SMILES string of the molecule is Cc1ccc(S(=O)(=O)Nc2c(Br)cc(C(C)C)cc2[N+](=O)[O-])cc1. The molecule has 8 heteroatoms. The van der Waals surface area contributed by atoms with Crippen molar-refractivity contribution >= 4 is 37.3 Å². The first-order valence-electron chi connectivity index (χ1n) is 7.19. The molecule has 0 aliphatic heterocycles. The van der Waals surface area contributed by atoms with Crippen LogP contribution in [0.25, 0.3) is 0 Å². The normalized spacial score (nSPS) is 11.5. The first kappa shape index (κ1) is 18.4. The molecule has 0 saturated carbocycles. The van der Waals surface area contributed by atoms with Gasteiger partial charge in [0.15, 0.2) is 0 Å². The van der Waals surface area contributed by atoms with E-state index in [1.54, 1.807) is 18.2 Å². The predicted molar refractivity (Wildman–Crippen MR) is 96.9 cm³/mol. The Balaban J connectivity index is 2.52. The van der Waals surface area contributed by atoms with E-state index in [4.69, 9.17) is 0 Å². The third-order valence-electron chi connectivity index (χ3n) is 3.52. The summed E-state index contributed by atoms with van der Waals surface area (Å²) in [4.78, 5) is 10.8. The molecule has 24 heavy (non-hydrogen) atoms. The van der Waals surface area contributed by atoms with Gasteiger partial charge in [-0.2, -0.15) is 0 Å². The zero-order chi connectivity index (χ0) is 18.1. The minimum Gasteiger partial charge on any atom is -0.272 e. The van der Waals surface area contributed by atoms with Gasteiger partial charge in [0.2, 0.25) is 0 Å². The summed E-state index contributed by atoms with van der Waals surface area (Å²) in [6, 6.07) is 9.33. The fraction of sp³-hybridized carbons (Fsp3) is 0.250. The van der Waals surface area contributed by atoms with Crippen LogP contribution in [0.15, 0.2) is 45.8 Å². The van der Waals surface area contributed by atoms with Gasteiger partial charge >= 0.3 is 0 Å². The quantitative estimate of drug-likeness (QED) is 0.574. The van der Waals surface area contributed by atoms with E-state index in [9.17, 15) is 18.5 Å². The Morgan fingerprint density at radius 3 is 2.25 bits per heavy atom. The minimum atomic E-state index is -3.93. The Kier molecular flexibility index (Phi) is 5.29. The second-order valence-corrected chi connectivity index (χ2v) is 8.26. The summed E-state index contributed by atoms with van der Waals surface area (Å²) >= 11 is 3.24. The van der Waals surface area contributed by atoms with E-state index >= 15 is 0 Å². The van der Waals surface area contributed by atoms with Gasteiger partial charge in [-0.3, -0.25) is 14.8 Å².